The number of halogens is 1. The number of sulfonamides is 1. The topological polar surface area (TPSA) is 101 Å². The van der Waals surface area contributed by atoms with E-state index in [2.05, 4.69) is 5.32 Å². The fourth-order valence-electron chi connectivity index (χ4n) is 3.52. The van der Waals surface area contributed by atoms with E-state index >= 15 is 0 Å². The molecule has 0 spiro atoms. The zero-order valence-electron chi connectivity index (χ0n) is 16.6. The number of fused-ring (bicyclic) bond motifs is 1. The Morgan fingerprint density at radius 3 is 2.25 bits per heavy atom. The monoisotopic (exact) mass is 452 g/mol. The molecule has 162 valence electrons. The lowest BCUT2D eigenvalue weighted by Gasteiger charge is -2.33. The summed E-state index contributed by atoms with van der Waals surface area (Å²) in [5.41, 5.74) is -0.142. The average Bonchev–Trinajstić information content (AvgIpc) is 2.79. The maximum absolute atomic E-state index is 13.9. The van der Waals surface area contributed by atoms with Crippen LogP contribution in [-0.2, 0) is 14.8 Å². The second-order valence-electron chi connectivity index (χ2n) is 7.07. The molecule has 4 rings (SSSR count). The first kappa shape index (κ1) is 21.5. The second kappa shape index (κ2) is 8.45. The Bertz CT molecular complexity index is 1320. The Morgan fingerprint density at radius 1 is 0.906 bits per heavy atom. The molecule has 1 N–H and O–H groups in total. The zero-order valence-corrected chi connectivity index (χ0v) is 17.4. The lowest BCUT2D eigenvalue weighted by atomic mass is 9.96. The van der Waals surface area contributed by atoms with Crippen molar-refractivity contribution in [1.29, 1.82) is 0 Å². The summed E-state index contributed by atoms with van der Waals surface area (Å²) in [4.78, 5) is 38.7. The van der Waals surface area contributed by atoms with Crippen molar-refractivity contribution in [2.24, 2.45) is 0 Å². The maximum atomic E-state index is 13.9. The number of hydrogen-bond acceptors (Lipinski definition) is 5. The van der Waals surface area contributed by atoms with E-state index in [0.717, 1.165) is 6.07 Å². The molecule has 1 aliphatic heterocycles. The number of anilines is 1. The predicted octanol–water partition coefficient (Wildman–Crippen LogP) is 2.90. The molecule has 7 nitrogen and oxygen atoms in total. The average molecular weight is 452 g/mol. The van der Waals surface area contributed by atoms with Gasteiger partial charge in [0.1, 0.15) is 5.82 Å². The minimum Gasteiger partial charge on any atom is -0.322 e. The van der Waals surface area contributed by atoms with Crippen LogP contribution in [0.1, 0.15) is 20.7 Å². The van der Waals surface area contributed by atoms with E-state index in [0.29, 0.717) is 4.31 Å². The molecule has 1 unspecified atom stereocenters. The molecule has 3 aromatic rings. The van der Waals surface area contributed by atoms with E-state index in [1.165, 1.54) is 54.6 Å². The summed E-state index contributed by atoms with van der Waals surface area (Å²) in [6.07, 6.45) is 0. The molecule has 1 atom stereocenters. The van der Waals surface area contributed by atoms with Crippen molar-refractivity contribution in [3.05, 3.63) is 95.8 Å². The summed E-state index contributed by atoms with van der Waals surface area (Å²) >= 11 is 0. The highest BCUT2D eigenvalue weighted by Crippen LogP contribution is 2.31. The Morgan fingerprint density at radius 2 is 1.53 bits per heavy atom. The largest absolute Gasteiger partial charge is 0.322 e. The van der Waals surface area contributed by atoms with E-state index in [1.54, 1.807) is 18.2 Å². The van der Waals surface area contributed by atoms with Crippen LogP contribution in [0.2, 0.25) is 0 Å². The molecule has 0 saturated carbocycles. The smallest absolute Gasteiger partial charge is 0.245 e. The van der Waals surface area contributed by atoms with Crippen LogP contribution in [-0.4, -0.2) is 42.8 Å². The SMILES string of the molecule is O=C(CN1C(C(=O)c2ccccc2)C(=O)c2ccccc2S1(=O)=O)Nc1ccccc1F. The van der Waals surface area contributed by atoms with Crippen molar-refractivity contribution < 1.29 is 27.2 Å². The van der Waals surface area contributed by atoms with Gasteiger partial charge in [0.05, 0.1) is 17.1 Å². The first-order chi connectivity index (χ1) is 15.3. The molecule has 0 radical (unpaired) electrons. The number of Topliss-reactive ketones (excluding diaryl/α,β-unsaturated/α-hetero) is 2. The summed E-state index contributed by atoms with van der Waals surface area (Å²) in [6, 6.07) is 16.9. The number of carbonyl (C=O) groups is 3. The van der Waals surface area contributed by atoms with Gasteiger partial charge in [0.15, 0.2) is 17.6 Å². The number of amides is 1. The number of nitrogens with zero attached hydrogens (tertiary/aromatic N) is 1. The standard InChI is InChI=1S/C23H17FN2O5S/c24-17-11-5-6-12-18(17)25-20(27)14-26-21(22(28)15-8-2-1-3-9-15)23(29)16-10-4-7-13-19(16)32(26,30)31/h1-13,21H,14H2,(H,25,27). The maximum Gasteiger partial charge on any atom is 0.245 e. The van der Waals surface area contributed by atoms with Crippen molar-refractivity contribution >= 4 is 33.2 Å². The quantitative estimate of drug-likeness (QED) is 0.474. The molecule has 9 heteroatoms. The number of nitrogens with one attached hydrogen (secondary N) is 1. The highest BCUT2D eigenvalue weighted by atomic mass is 32.2. The lowest BCUT2D eigenvalue weighted by molar-refractivity contribution is -0.116. The van der Waals surface area contributed by atoms with Crippen molar-refractivity contribution in [1.82, 2.24) is 4.31 Å². The summed E-state index contributed by atoms with van der Waals surface area (Å²) in [7, 11) is -4.38. The Kier molecular flexibility index (Phi) is 5.68. The van der Waals surface area contributed by atoms with Gasteiger partial charge in [0.25, 0.3) is 0 Å². The van der Waals surface area contributed by atoms with Gasteiger partial charge in [-0.05, 0) is 24.3 Å². The van der Waals surface area contributed by atoms with Gasteiger partial charge >= 0.3 is 0 Å². The van der Waals surface area contributed by atoms with Gasteiger partial charge in [0.2, 0.25) is 15.9 Å². The first-order valence-corrected chi connectivity index (χ1v) is 11.0. The third kappa shape index (κ3) is 3.83. The number of benzene rings is 3. The van der Waals surface area contributed by atoms with Crippen molar-refractivity contribution in [2.75, 3.05) is 11.9 Å². The molecular weight excluding hydrogens is 435 g/mol. The molecule has 1 amide bonds. The number of para-hydroxylation sites is 1. The molecule has 1 heterocycles. The van der Waals surface area contributed by atoms with Gasteiger partial charge in [-0.25, -0.2) is 12.8 Å². The summed E-state index contributed by atoms with van der Waals surface area (Å²) in [6.45, 7) is -0.847. The second-order valence-corrected chi connectivity index (χ2v) is 8.93. The molecule has 0 aliphatic carbocycles. The molecule has 0 bridgehead atoms. The van der Waals surface area contributed by atoms with Gasteiger partial charge in [-0.2, -0.15) is 4.31 Å². The molecule has 0 saturated heterocycles. The zero-order chi connectivity index (χ0) is 22.9. The summed E-state index contributed by atoms with van der Waals surface area (Å²) in [5, 5.41) is 2.29. The Balaban J connectivity index is 1.75. The molecule has 0 aromatic heterocycles. The minimum atomic E-state index is -4.38. The summed E-state index contributed by atoms with van der Waals surface area (Å²) in [5.74, 6) is -3.09. The fourth-order valence-corrected chi connectivity index (χ4v) is 5.22. The van der Waals surface area contributed by atoms with Gasteiger partial charge in [0, 0.05) is 11.1 Å². The molecule has 32 heavy (non-hydrogen) atoms. The Labute approximate surface area is 183 Å². The number of rotatable bonds is 5. The van der Waals surface area contributed by atoms with Crippen molar-refractivity contribution in [2.45, 2.75) is 10.9 Å². The third-order valence-electron chi connectivity index (χ3n) is 5.03. The van der Waals surface area contributed by atoms with Crippen molar-refractivity contribution in [3.63, 3.8) is 0 Å². The van der Waals surface area contributed by atoms with E-state index in [9.17, 15) is 27.2 Å². The van der Waals surface area contributed by atoms with Crippen LogP contribution in [0.25, 0.3) is 0 Å². The van der Waals surface area contributed by atoms with Crippen LogP contribution < -0.4 is 5.32 Å². The highest BCUT2D eigenvalue weighted by molar-refractivity contribution is 7.89. The predicted molar refractivity (Wildman–Crippen MR) is 114 cm³/mol. The van der Waals surface area contributed by atoms with E-state index in [-0.39, 0.29) is 21.7 Å². The molecular formula is C23H17FN2O5S. The van der Waals surface area contributed by atoms with E-state index in [4.69, 9.17) is 0 Å². The summed E-state index contributed by atoms with van der Waals surface area (Å²) < 4.78 is 41.1. The van der Waals surface area contributed by atoms with Crippen LogP contribution in [0, 0.1) is 5.82 Å². The van der Waals surface area contributed by atoms with Crippen molar-refractivity contribution in [3.8, 4) is 0 Å². The van der Waals surface area contributed by atoms with E-state index in [1.807, 2.05) is 0 Å². The third-order valence-corrected chi connectivity index (χ3v) is 6.90. The van der Waals surface area contributed by atoms with E-state index < -0.39 is 45.9 Å². The normalized spacial score (nSPS) is 17.4. The van der Waals surface area contributed by atoms with Crippen LogP contribution in [0.5, 0.6) is 0 Å². The molecule has 3 aromatic carbocycles. The Hall–Kier alpha value is -3.69. The number of ketones is 2. The van der Waals surface area contributed by atoms with Gasteiger partial charge in [-0.3, -0.25) is 14.4 Å². The van der Waals surface area contributed by atoms with Crippen LogP contribution >= 0.6 is 0 Å². The fraction of sp³-hybridized carbons (Fsp3) is 0.0870. The van der Waals surface area contributed by atoms with Crippen LogP contribution in [0.3, 0.4) is 0 Å². The van der Waals surface area contributed by atoms with Crippen LogP contribution in [0.15, 0.2) is 83.8 Å². The minimum absolute atomic E-state index is 0.118. The van der Waals surface area contributed by atoms with Gasteiger partial charge in [-0.15, -0.1) is 0 Å². The first-order valence-electron chi connectivity index (χ1n) is 9.59. The van der Waals surface area contributed by atoms with Gasteiger partial charge < -0.3 is 5.32 Å². The number of carbonyl (C=O) groups excluding carboxylic acids is 3. The molecule has 1 aliphatic rings. The molecule has 0 fully saturated rings. The number of hydrogen-bond donors (Lipinski definition) is 1. The van der Waals surface area contributed by atoms with Crippen LogP contribution in [0.4, 0.5) is 10.1 Å². The highest BCUT2D eigenvalue weighted by Gasteiger charge is 2.48. The van der Waals surface area contributed by atoms with Gasteiger partial charge in [-0.1, -0.05) is 54.6 Å². The lowest BCUT2D eigenvalue weighted by Crippen LogP contribution is -2.55.